The van der Waals surface area contributed by atoms with E-state index in [2.05, 4.69) is 25.6 Å². The molecule has 2 aliphatic rings. The first-order valence-corrected chi connectivity index (χ1v) is 13.5. The number of carbonyl (C=O) groups is 2. The maximum absolute atomic E-state index is 13.1. The van der Waals surface area contributed by atoms with Crippen molar-refractivity contribution in [2.45, 2.75) is 44.6 Å². The second-order valence-corrected chi connectivity index (χ2v) is 10.6. The van der Waals surface area contributed by atoms with Crippen molar-refractivity contribution in [1.29, 1.82) is 0 Å². The van der Waals surface area contributed by atoms with Gasteiger partial charge in [-0.05, 0) is 31.4 Å². The number of anilines is 1. The average molecular weight is 581 g/mol. The molecule has 1 atom stereocenters. The predicted octanol–water partition coefficient (Wildman–Crippen LogP) is 4.70. The van der Waals surface area contributed by atoms with Crippen LogP contribution in [0.1, 0.15) is 52.4 Å². The molecule has 0 radical (unpaired) electrons. The third-order valence-electron chi connectivity index (χ3n) is 6.46. The molecule has 2 amide bonds. The third kappa shape index (κ3) is 6.15. The van der Waals surface area contributed by atoms with Crippen molar-refractivity contribution < 1.29 is 27.5 Å². The number of aromatic nitrogens is 3. The molecule has 3 aromatic rings. The molecule has 0 aliphatic carbocycles. The molecule has 0 saturated carbocycles. The molecule has 1 unspecified atom stereocenters. The van der Waals surface area contributed by atoms with Crippen molar-refractivity contribution in [1.82, 2.24) is 25.2 Å². The first-order valence-electron chi connectivity index (χ1n) is 12.2. The fourth-order valence-corrected chi connectivity index (χ4v) is 5.47. The SMILES string of the molecule is CC(NC(=O)CN1Cc2ccc(-c3nc(NC4CCOCC4)ncc3Cl)cc2C1=O)c1nc(C(F)(F)F)cs1. The number of nitrogens with one attached hydrogen (secondary N) is 2. The number of rotatable bonds is 7. The van der Waals surface area contributed by atoms with Gasteiger partial charge in [-0.1, -0.05) is 23.7 Å². The summed E-state index contributed by atoms with van der Waals surface area (Å²) in [5, 5.41) is 7.29. The Morgan fingerprint density at radius 3 is 2.77 bits per heavy atom. The van der Waals surface area contributed by atoms with Crippen LogP contribution in [0, 0.1) is 0 Å². The Hall–Kier alpha value is -3.29. The zero-order chi connectivity index (χ0) is 27.7. The Bertz CT molecular complexity index is 1400. The lowest BCUT2D eigenvalue weighted by Crippen LogP contribution is -2.38. The highest BCUT2D eigenvalue weighted by molar-refractivity contribution is 7.09. The Morgan fingerprint density at radius 1 is 1.28 bits per heavy atom. The number of hydrogen-bond donors (Lipinski definition) is 2. The molecule has 4 heterocycles. The van der Waals surface area contributed by atoms with E-state index in [4.69, 9.17) is 16.3 Å². The van der Waals surface area contributed by atoms with Crippen LogP contribution in [0.4, 0.5) is 19.1 Å². The van der Waals surface area contributed by atoms with Gasteiger partial charge in [-0.2, -0.15) is 13.2 Å². The lowest BCUT2D eigenvalue weighted by molar-refractivity contribution is -0.140. The van der Waals surface area contributed by atoms with E-state index in [9.17, 15) is 22.8 Å². The second-order valence-electron chi connectivity index (χ2n) is 9.31. The van der Waals surface area contributed by atoms with E-state index in [1.807, 2.05) is 6.07 Å². The maximum Gasteiger partial charge on any atom is 0.434 e. The summed E-state index contributed by atoms with van der Waals surface area (Å²) in [6, 6.07) is 4.75. The quantitative estimate of drug-likeness (QED) is 0.417. The van der Waals surface area contributed by atoms with Crippen molar-refractivity contribution >= 4 is 40.7 Å². The Kier molecular flexibility index (Phi) is 7.74. The number of benzene rings is 1. The highest BCUT2D eigenvalue weighted by atomic mass is 35.5. The summed E-state index contributed by atoms with van der Waals surface area (Å²) in [7, 11) is 0. The minimum absolute atomic E-state index is 0.128. The van der Waals surface area contributed by atoms with Crippen LogP contribution in [0.5, 0.6) is 0 Å². The van der Waals surface area contributed by atoms with Gasteiger partial charge in [0.25, 0.3) is 5.91 Å². The lowest BCUT2D eigenvalue weighted by Gasteiger charge is -2.23. The monoisotopic (exact) mass is 580 g/mol. The summed E-state index contributed by atoms with van der Waals surface area (Å²) in [6.45, 7) is 2.85. The number of carbonyl (C=O) groups excluding carboxylic acids is 2. The zero-order valence-corrected chi connectivity index (χ0v) is 22.3. The summed E-state index contributed by atoms with van der Waals surface area (Å²) >= 11 is 7.21. The van der Waals surface area contributed by atoms with E-state index < -0.39 is 23.8 Å². The largest absolute Gasteiger partial charge is 0.434 e. The van der Waals surface area contributed by atoms with Gasteiger partial charge in [0.1, 0.15) is 11.6 Å². The van der Waals surface area contributed by atoms with E-state index >= 15 is 0 Å². The van der Waals surface area contributed by atoms with Crippen LogP contribution in [-0.4, -0.2) is 57.5 Å². The predicted molar refractivity (Wildman–Crippen MR) is 138 cm³/mol. The van der Waals surface area contributed by atoms with Gasteiger partial charge in [0.2, 0.25) is 11.9 Å². The van der Waals surface area contributed by atoms with Gasteiger partial charge in [0.15, 0.2) is 5.69 Å². The van der Waals surface area contributed by atoms with Gasteiger partial charge in [0.05, 0.1) is 23.0 Å². The minimum atomic E-state index is -4.55. The fourth-order valence-electron chi connectivity index (χ4n) is 4.44. The number of fused-ring (bicyclic) bond motifs is 1. The molecule has 1 fully saturated rings. The highest BCUT2D eigenvalue weighted by Gasteiger charge is 2.35. The van der Waals surface area contributed by atoms with Crippen molar-refractivity contribution in [2.24, 2.45) is 0 Å². The van der Waals surface area contributed by atoms with Crippen molar-refractivity contribution in [3.05, 3.63) is 56.6 Å². The van der Waals surface area contributed by atoms with Crippen LogP contribution in [0.25, 0.3) is 11.3 Å². The van der Waals surface area contributed by atoms with E-state index in [1.54, 1.807) is 19.1 Å². The van der Waals surface area contributed by atoms with Gasteiger partial charge in [-0.25, -0.2) is 15.0 Å². The summed E-state index contributed by atoms with van der Waals surface area (Å²) < 4.78 is 43.9. The molecule has 0 bridgehead atoms. The maximum atomic E-state index is 13.1. The highest BCUT2D eigenvalue weighted by Crippen LogP contribution is 2.33. The second kappa shape index (κ2) is 11.1. The Balaban J connectivity index is 1.25. The Morgan fingerprint density at radius 2 is 2.05 bits per heavy atom. The van der Waals surface area contributed by atoms with Gasteiger partial charge in [0, 0.05) is 42.3 Å². The molecule has 1 aromatic carbocycles. The van der Waals surface area contributed by atoms with Crippen LogP contribution >= 0.6 is 22.9 Å². The van der Waals surface area contributed by atoms with Crippen LogP contribution < -0.4 is 10.6 Å². The summed E-state index contributed by atoms with van der Waals surface area (Å²) in [5.74, 6) is -0.410. The molecule has 39 heavy (non-hydrogen) atoms. The number of thiazole rings is 1. The molecular formula is C25H24ClF3N6O3S. The van der Waals surface area contributed by atoms with E-state index in [0.717, 1.165) is 35.1 Å². The van der Waals surface area contributed by atoms with Crippen LogP contribution in [0.15, 0.2) is 29.8 Å². The molecular weight excluding hydrogens is 557 g/mol. The molecule has 2 aliphatic heterocycles. The molecule has 2 N–H and O–H groups in total. The summed E-state index contributed by atoms with van der Waals surface area (Å²) in [6.07, 6.45) is -1.35. The van der Waals surface area contributed by atoms with Gasteiger partial charge >= 0.3 is 6.18 Å². The van der Waals surface area contributed by atoms with Gasteiger partial charge in [-0.3, -0.25) is 9.59 Å². The molecule has 2 aromatic heterocycles. The molecule has 206 valence electrons. The van der Waals surface area contributed by atoms with Crippen molar-refractivity contribution in [3.8, 4) is 11.3 Å². The van der Waals surface area contributed by atoms with E-state index in [1.165, 1.54) is 11.1 Å². The lowest BCUT2D eigenvalue weighted by atomic mass is 10.0. The number of hydrogen-bond acceptors (Lipinski definition) is 8. The zero-order valence-electron chi connectivity index (χ0n) is 20.7. The fraction of sp³-hybridized carbons (Fsp3) is 0.400. The smallest absolute Gasteiger partial charge is 0.381 e. The number of alkyl halides is 3. The first-order chi connectivity index (χ1) is 18.6. The van der Waals surface area contributed by atoms with Crippen LogP contribution in [-0.2, 0) is 22.3 Å². The molecule has 0 spiro atoms. The van der Waals surface area contributed by atoms with Crippen molar-refractivity contribution in [3.63, 3.8) is 0 Å². The standard InChI is InChI=1S/C25H24ClF3N6O3S/c1-13(22-33-19(12-39-22)25(27,28)29)31-20(36)11-35-10-15-3-2-14(8-17(15)23(35)37)21-18(26)9-30-24(34-21)32-16-4-6-38-7-5-16/h2-3,8-9,12-13,16H,4-7,10-11H2,1H3,(H,31,36)(H,30,32,34). The average Bonchev–Trinajstić information content (AvgIpc) is 3.52. The summed E-state index contributed by atoms with van der Waals surface area (Å²) in [4.78, 5) is 39.5. The normalized spacial score (nSPS) is 16.7. The third-order valence-corrected chi connectivity index (χ3v) is 7.76. The molecule has 5 rings (SSSR count). The number of ether oxygens (including phenoxy) is 1. The van der Waals surface area contributed by atoms with Gasteiger partial charge < -0.3 is 20.3 Å². The minimum Gasteiger partial charge on any atom is -0.381 e. The first kappa shape index (κ1) is 27.3. The molecule has 9 nitrogen and oxygen atoms in total. The Labute approximate surface area is 230 Å². The van der Waals surface area contributed by atoms with Crippen molar-refractivity contribution in [2.75, 3.05) is 25.1 Å². The van der Waals surface area contributed by atoms with Crippen LogP contribution in [0.3, 0.4) is 0 Å². The summed E-state index contributed by atoms with van der Waals surface area (Å²) in [5.41, 5.74) is 1.28. The van der Waals surface area contributed by atoms with Gasteiger partial charge in [-0.15, -0.1) is 11.3 Å². The topological polar surface area (TPSA) is 109 Å². The number of nitrogens with zero attached hydrogens (tertiary/aromatic N) is 4. The van der Waals surface area contributed by atoms with Crippen LogP contribution in [0.2, 0.25) is 5.02 Å². The van der Waals surface area contributed by atoms with E-state index in [0.29, 0.717) is 41.0 Å². The van der Waals surface area contributed by atoms with E-state index in [-0.39, 0.29) is 30.0 Å². The number of amides is 2. The number of halogens is 4. The molecule has 14 heteroatoms. The molecule has 1 saturated heterocycles.